The van der Waals surface area contributed by atoms with Crippen LogP contribution < -0.4 is 16.4 Å². The molecule has 0 saturated carbocycles. The number of carbonyl (C=O) groups is 2. The Morgan fingerprint density at radius 3 is 2.55 bits per heavy atom. The van der Waals surface area contributed by atoms with Crippen LogP contribution in [0.3, 0.4) is 0 Å². The Morgan fingerprint density at radius 1 is 1.32 bits per heavy atom. The number of nitrogens with zero attached hydrogens (tertiary/aromatic N) is 3. The number of rotatable bonds is 3. The van der Waals surface area contributed by atoms with Crippen LogP contribution in [0.5, 0.6) is 0 Å². The normalized spacial score (nSPS) is 23.1. The Labute approximate surface area is 177 Å². The van der Waals surface area contributed by atoms with Crippen LogP contribution >= 0.6 is 0 Å². The Kier molecular flexibility index (Phi) is 5.38. The molecule has 2 saturated heterocycles. The number of carbonyl (C=O) groups excluding carboxylic acids is 2. The van der Waals surface area contributed by atoms with Crippen LogP contribution in [0.2, 0.25) is 0 Å². The molecule has 1 spiro atoms. The quantitative estimate of drug-likeness (QED) is 0.624. The van der Waals surface area contributed by atoms with E-state index in [9.17, 15) is 22.8 Å². The van der Waals surface area contributed by atoms with Gasteiger partial charge in [-0.3, -0.25) is 9.79 Å². The highest BCUT2D eigenvalue weighted by atomic mass is 19.2. The Balaban J connectivity index is 1.49. The van der Waals surface area contributed by atoms with Gasteiger partial charge in [-0.2, -0.15) is 0 Å². The average Bonchev–Trinajstić information content (AvgIpc) is 3.06. The molecular weight excluding hydrogens is 413 g/mol. The maximum absolute atomic E-state index is 13.5. The van der Waals surface area contributed by atoms with Crippen molar-refractivity contribution in [3.63, 3.8) is 0 Å². The average molecular weight is 436 g/mol. The van der Waals surface area contributed by atoms with Crippen molar-refractivity contribution in [2.45, 2.75) is 19.4 Å². The maximum Gasteiger partial charge on any atom is 0.322 e. The van der Waals surface area contributed by atoms with E-state index in [0.29, 0.717) is 36.5 Å². The molecule has 31 heavy (non-hydrogen) atoms. The van der Waals surface area contributed by atoms with Gasteiger partial charge < -0.3 is 26.2 Å². The van der Waals surface area contributed by atoms with E-state index in [1.54, 1.807) is 11.8 Å². The summed E-state index contributed by atoms with van der Waals surface area (Å²) < 4.78 is 40.1. The third kappa shape index (κ3) is 3.85. The van der Waals surface area contributed by atoms with Crippen LogP contribution in [0.15, 0.2) is 29.0 Å². The van der Waals surface area contributed by atoms with Crippen molar-refractivity contribution in [2.24, 2.45) is 16.1 Å². The van der Waals surface area contributed by atoms with Crippen LogP contribution in [0.1, 0.15) is 13.3 Å². The van der Waals surface area contributed by atoms with Gasteiger partial charge in [-0.25, -0.2) is 18.0 Å². The topological polar surface area (TPSA) is 103 Å². The molecule has 0 aliphatic carbocycles. The molecule has 1 aromatic rings. The number of likely N-dealkylation sites (tertiary alicyclic amines) is 1. The number of benzene rings is 1. The highest BCUT2D eigenvalue weighted by molar-refractivity contribution is 6.07. The van der Waals surface area contributed by atoms with Gasteiger partial charge in [0.05, 0.1) is 30.5 Å². The summed E-state index contributed by atoms with van der Waals surface area (Å²) in [5.74, 6) is -4.45. The standard InChI is InChI=1S/C20H23F3N6O2/c1-11-6-26-15(16(5-24)29-10-20(4-17(29)30)8-25-9-20)7-28(11)19(31)27-12-2-13(21)18(23)14(22)3-12/h2-3,5,11,25H,4,6-10,24H2,1H3,(H,27,31). The molecule has 3 aliphatic rings. The van der Waals surface area contributed by atoms with Crippen LogP contribution in [-0.4, -0.2) is 66.2 Å². The lowest BCUT2D eigenvalue weighted by molar-refractivity contribution is -0.126. The summed E-state index contributed by atoms with van der Waals surface area (Å²) in [6, 6.07) is 0.476. The zero-order valence-corrected chi connectivity index (χ0v) is 16.9. The Hall–Kier alpha value is -3.08. The van der Waals surface area contributed by atoms with E-state index in [0.717, 1.165) is 13.1 Å². The molecular formula is C20H23F3N6O2. The summed E-state index contributed by atoms with van der Waals surface area (Å²) in [5.41, 5.74) is 6.46. The van der Waals surface area contributed by atoms with Gasteiger partial charge in [-0.05, 0) is 6.92 Å². The monoisotopic (exact) mass is 436 g/mol. The summed E-state index contributed by atoms with van der Waals surface area (Å²) in [7, 11) is 0. The minimum Gasteiger partial charge on any atom is -0.403 e. The van der Waals surface area contributed by atoms with Gasteiger partial charge in [-0.1, -0.05) is 0 Å². The van der Waals surface area contributed by atoms with E-state index >= 15 is 0 Å². The summed E-state index contributed by atoms with van der Waals surface area (Å²) in [4.78, 5) is 32.9. The van der Waals surface area contributed by atoms with Crippen LogP contribution in [0.25, 0.3) is 0 Å². The van der Waals surface area contributed by atoms with Gasteiger partial charge in [0.15, 0.2) is 17.5 Å². The maximum atomic E-state index is 13.5. The molecule has 3 aliphatic heterocycles. The van der Waals surface area contributed by atoms with Gasteiger partial charge in [0.25, 0.3) is 0 Å². The van der Waals surface area contributed by atoms with Crippen molar-refractivity contribution in [3.05, 3.63) is 41.5 Å². The van der Waals surface area contributed by atoms with Crippen LogP contribution in [0.4, 0.5) is 23.7 Å². The molecule has 0 bridgehead atoms. The summed E-state index contributed by atoms with van der Waals surface area (Å²) in [5, 5.41) is 5.57. The first-order chi connectivity index (χ1) is 14.7. The van der Waals surface area contributed by atoms with Crippen molar-refractivity contribution < 1.29 is 22.8 Å². The molecule has 2 fully saturated rings. The fourth-order valence-electron chi connectivity index (χ4n) is 4.14. The van der Waals surface area contributed by atoms with Gasteiger partial charge in [0.2, 0.25) is 5.91 Å². The van der Waals surface area contributed by atoms with Crippen LogP contribution in [-0.2, 0) is 4.79 Å². The first-order valence-electron chi connectivity index (χ1n) is 9.92. The molecule has 3 amide bonds. The Morgan fingerprint density at radius 2 is 2.00 bits per heavy atom. The van der Waals surface area contributed by atoms with E-state index in [4.69, 9.17) is 5.73 Å². The van der Waals surface area contributed by atoms with Crippen molar-refractivity contribution in [2.75, 3.05) is 38.0 Å². The number of amides is 3. The van der Waals surface area contributed by atoms with E-state index in [2.05, 4.69) is 15.6 Å². The second-order valence-electron chi connectivity index (χ2n) is 8.26. The van der Waals surface area contributed by atoms with E-state index in [1.165, 1.54) is 11.1 Å². The molecule has 1 aromatic carbocycles. The lowest BCUT2D eigenvalue weighted by atomic mass is 9.81. The fourth-order valence-corrected chi connectivity index (χ4v) is 4.14. The molecule has 166 valence electrons. The molecule has 8 nitrogen and oxygen atoms in total. The number of nitrogens with two attached hydrogens (primary N) is 1. The van der Waals surface area contributed by atoms with Gasteiger partial charge in [0, 0.05) is 55.5 Å². The van der Waals surface area contributed by atoms with Gasteiger partial charge in [0.1, 0.15) is 0 Å². The zero-order valence-electron chi connectivity index (χ0n) is 16.9. The van der Waals surface area contributed by atoms with Crippen molar-refractivity contribution in [1.29, 1.82) is 0 Å². The van der Waals surface area contributed by atoms with E-state index < -0.39 is 23.5 Å². The van der Waals surface area contributed by atoms with Crippen molar-refractivity contribution in [3.8, 4) is 0 Å². The molecule has 4 rings (SSSR count). The van der Waals surface area contributed by atoms with Gasteiger partial charge in [-0.15, -0.1) is 0 Å². The number of nitrogens with one attached hydrogen (secondary N) is 2. The molecule has 11 heteroatoms. The molecule has 3 heterocycles. The SMILES string of the molecule is CC1CN=C(C(=CN)N2CC3(CNC3)CC2=O)CN1C(=O)Nc1cc(F)c(F)c(F)c1. The van der Waals surface area contributed by atoms with E-state index in [-0.39, 0.29) is 36.1 Å². The molecule has 1 atom stereocenters. The summed E-state index contributed by atoms with van der Waals surface area (Å²) >= 11 is 0. The largest absolute Gasteiger partial charge is 0.403 e. The summed E-state index contributed by atoms with van der Waals surface area (Å²) in [6.07, 6.45) is 1.74. The predicted octanol–water partition coefficient (Wildman–Crippen LogP) is 1.40. The second-order valence-corrected chi connectivity index (χ2v) is 8.26. The summed E-state index contributed by atoms with van der Waals surface area (Å²) in [6.45, 7) is 4.13. The second kappa shape index (κ2) is 7.88. The van der Waals surface area contributed by atoms with Crippen molar-refractivity contribution >= 4 is 23.3 Å². The minimum atomic E-state index is -1.61. The highest BCUT2D eigenvalue weighted by Gasteiger charge is 2.48. The highest BCUT2D eigenvalue weighted by Crippen LogP contribution is 2.37. The van der Waals surface area contributed by atoms with Crippen LogP contribution in [0, 0.1) is 22.9 Å². The number of urea groups is 1. The minimum absolute atomic E-state index is 0.0483. The third-order valence-corrected chi connectivity index (χ3v) is 5.96. The first kappa shape index (κ1) is 21.2. The number of anilines is 1. The number of halogens is 3. The third-order valence-electron chi connectivity index (χ3n) is 5.96. The number of hydrogen-bond acceptors (Lipinski definition) is 5. The lowest BCUT2D eigenvalue weighted by Crippen LogP contribution is -2.55. The predicted molar refractivity (Wildman–Crippen MR) is 108 cm³/mol. The number of hydrogen-bond donors (Lipinski definition) is 3. The van der Waals surface area contributed by atoms with Gasteiger partial charge >= 0.3 is 6.03 Å². The molecule has 4 N–H and O–H groups in total. The molecule has 0 aromatic heterocycles. The molecule has 0 radical (unpaired) electrons. The fraction of sp³-hybridized carbons (Fsp3) is 0.450. The first-order valence-corrected chi connectivity index (χ1v) is 9.92. The lowest BCUT2D eigenvalue weighted by Gasteiger charge is -2.39. The zero-order chi connectivity index (χ0) is 22.3. The molecule has 1 unspecified atom stereocenters. The number of aliphatic imine (C=N–C) groups is 1. The van der Waals surface area contributed by atoms with Crippen molar-refractivity contribution in [1.82, 2.24) is 15.1 Å². The Bertz CT molecular complexity index is 968. The smallest absolute Gasteiger partial charge is 0.322 e. The van der Waals surface area contributed by atoms with E-state index in [1.807, 2.05) is 0 Å².